The Morgan fingerprint density at radius 1 is 1.03 bits per heavy atom. The number of hydrogen-bond donors (Lipinski definition) is 2. The van der Waals surface area contributed by atoms with Crippen molar-refractivity contribution >= 4 is 22.1 Å². The zero-order valence-electron chi connectivity index (χ0n) is 17.4. The van der Waals surface area contributed by atoms with Crippen LogP contribution in [0, 0.1) is 5.82 Å². The van der Waals surface area contributed by atoms with Gasteiger partial charge in [-0.2, -0.15) is 0 Å². The van der Waals surface area contributed by atoms with Crippen LogP contribution >= 0.6 is 0 Å². The first-order valence-corrected chi connectivity index (χ1v) is 10.9. The second-order valence-electron chi connectivity index (χ2n) is 7.60. The molecule has 0 saturated heterocycles. The van der Waals surface area contributed by atoms with Gasteiger partial charge < -0.3 is 14.8 Å². The van der Waals surface area contributed by atoms with Crippen LogP contribution < -0.4 is 10.0 Å². The maximum absolute atomic E-state index is 13.1. The number of benzene rings is 2. The Morgan fingerprint density at radius 2 is 1.65 bits per heavy atom. The largest absolute Gasteiger partial charge is 0.459 e. The second kappa shape index (κ2) is 10.4. The van der Waals surface area contributed by atoms with Crippen molar-refractivity contribution in [1.29, 1.82) is 0 Å². The van der Waals surface area contributed by atoms with E-state index in [0.29, 0.717) is 0 Å². The lowest BCUT2D eigenvalue weighted by molar-refractivity contribution is -0.147. The molecule has 10 heteroatoms. The summed E-state index contributed by atoms with van der Waals surface area (Å²) in [6, 6.07) is 11.7. The molecule has 8 nitrogen and oxygen atoms in total. The summed E-state index contributed by atoms with van der Waals surface area (Å²) < 4.78 is 50.5. The SMILES string of the molecule is CC(C)(C)OC(=O)NC(CNS(=O)(=O)c1ccc(F)cc1)C(=O)OCc1ccccc1. The molecular formula is C21H25FN2O6S. The van der Waals surface area contributed by atoms with Crippen molar-refractivity contribution in [2.75, 3.05) is 6.54 Å². The van der Waals surface area contributed by atoms with Crippen molar-refractivity contribution in [2.45, 2.75) is 43.9 Å². The number of esters is 1. The molecule has 1 unspecified atom stereocenters. The highest BCUT2D eigenvalue weighted by Crippen LogP contribution is 2.11. The predicted octanol–water partition coefficient (Wildman–Crippen LogP) is 2.74. The summed E-state index contributed by atoms with van der Waals surface area (Å²) in [6.45, 7) is 4.38. The number of amides is 1. The van der Waals surface area contributed by atoms with Crippen LogP contribution in [0.1, 0.15) is 26.3 Å². The van der Waals surface area contributed by atoms with Crippen LogP contribution in [-0.2, 0) is 30.9 Å². The van der Waals surface area contributed by atoms with Gasteiger partial charge in [-0.15, -0.1) is 0 Å². The number of hydrogen-bond acceptors (Lipinski definition) is 6. The summed E-state index contributed by atoms with van der Waals surface area (Å²) in [6.07, 6.45) is -0.907. The van der Waals surface area contributed by atoms with E-state index in [4.69, 9.17) is 9.47 Å². The molecule has 2 rings (SSSR count). The summed E-state index contributed by atoms with van der Waals surface area (Å²) in [5.74, 6) is -1.44. The quantitative estimate of drug-likeness (QED) is 0.596. The van der Waals surface area contributed by atoms with Gasteiger partial charge in [-0.05, 0) is 50.6 Å². The molecule has 0 heterocycles. The van der Waals surface area contributed by atoms with Crippen molar-refractivity contribution < 1.29 is 31.9 Å². The van der Waals surface area contributed by atoms with Crippen molar-refractivity contribution in [3.63, 3.8) is 0 Å². The average Bonchev–Trinajstić information content (AvgIpc) is 2.69. The fourth-order valence-corrected chi connectivity index (χ4v) is 3.41. The highest BCUT2D eigenvalue weighted by Gasteiger charge is 2.27. The molecule has 2 N–H and O–H groups in total. The van der Waals surface area contributed by atoms with Gasteiger partial charge in [0.2, 0.25) is 10.0 Å². The molecular weight excluding hydrogens is 427 g/mol. The molecule has 0 aliphatic rings. The van der Waals surface area contributed by atoms with Crippen molar-refractivity contribution in [2.24, 2.45) is 0 Å². The summed E-state index contributed by atoms with van der Waals surface area (Å²) in [5, 5.41) is 2.32. The molecule has 168 valence electrons. The molecule has 0 fully saturated rings. The molecule has 0 aromatic heterocycles. The van der Waals surface area contributed by atoms with Crippen LogP contribution in [0.5, 0.6) is 0 Å². The minimum Gasteiger partial charge on any atom is -0.459 e. The van der Waals surface area contributed by atoms with Crippen LogP contribution in [0.15, 0.2) is 59.5 Å². The Balaban J connectivity index is 2.09. The number of sulfonamides is 1. The van der Waals surface area contributed by atoms with E-state index in [0.717, 1.165) is 29.8 Å². The van der Waals surface area contributed by atoms with Crippen LogP contribution in [0.25, 0.3) is 0 Å². The van der Waals surface area contributed by atoms with Gasteiger partial charge in [-0.3, -0.25) is 0 Å². The normalized spacial score (nSPS) is 12.6. The van der Waals surface area contributed by atoms with Gasteiger partial charge in [-0.1, -0.05) is 30.3 Å². The van der Waals surface area contributed by atoms with Crippen molar-refractivity contribution in [3.8, 4) is 0 Å². The summed E-state index contributed by atoms with van der Waals surface area (Å²) in [4.78, 5) is 24.5. The molecule has 0 bridgehead atoms. The van der Waals surface area contributed by atoms with E-state index >= 15 is 0 Å². The summed E-state index contributed by atoms with van der Waals surface area (Å²) in [7, 11) is -4.06. The van der Waals surface area contributed by atoms with E-state index in [2.05, 4.69) is 10.0 Å². The molecule has 2 aromatic carbocycles. The Bertz CT molecular complexity index is 989. The molecule has 31 heavy (non-hydrogen) atoms. The molecule has 0 radical (unpaired) electrons. The third-order valence-electron chi connectivity index (χ3n) is 3.80. The van der Waals surface area contributed by atoms with Gasteiger partial charge in [0, 0.05) is 6.54 Å². The lowest BCUT2D eigenvalue weighted by Gasteiger charge is -2.23. The fourth-order valence-electron chi connectivity index (χ4n) is 2.36. The standard InChI is InChI=1S/C21H25FN2O6S/c1-21(2,3)30-20(26)24-18(19(25)29-14-15-7-5-4-6-8-15)13-23-31(27,28)17-11-9-16(22)10-12-17/h4-12,18,23H,13-14H2,1-3H3,(H,24,26). The maximum Gasteiger partial charge on any atom is 0.408 e. The molecule has 1 amide bonds. The number of carbonyl (C=O) groups is 2. The van der Waals surface area contributed by atoms with E-state index in [1.807, 2.05) is 6.07 Å². The van der Waals surface area contributed by atoms with Crippen LogP contribution in [0.3, 0.4) is 0 Å². The number of halogens is 1. The van der Waals surface area contributed by atoms with Gasteiger partial charge in [0.05, 0.1) is 4.90 Å². The first-order valence-electron chi connectivity index (χ1n) is 9.41. The third-order valence-corrected chi connectivity index (χ3v) is 5.24. The molecule has 2 aromatic rings. The fraction of sp³-hybridized carbons (Fsp3) is 0.333. The summed E-state index contributed by atoms with van der Waals surface area (Å²) in [5.41, 5.74) is -0.102. The second-order valence-corrected chi connectivity index (χ2v) is 9.36. The molecule has 0 saturated carbocycles. The van der Waals surface area contributed by atoms with E-state index in [9.17, 15) is 22.4 Å². The zero-order chi connectivity index (χ0) is 23.1. The highest BCUT2D eigenvalue weighted by atomic mass is 32.2. The predicted molar refractivity (Wildman–Crippen MR) is 111 cm³/mol. The number of nitrogens with one attached hydrogen (secondary N) is 2. The zero-order valence-corrected chi connectivity index (χ0v) is 18.2. The topological polar surface area (TPSA) is 111 Å². The van der Waals surface area contributed by atoms with Crippen LogP contribution in [0.4, 0.5) is 9.18 Å². The summed E-state index contributed by atoms with van der Waals surface area (Å²) >= 11 is 0. The molecule has 1 atom stereocenters. The van der Waals surface area contributed by atoms with Crippen LogP contribution in [-0.4, -0.2) is 38.7 Å². The van der Waals surface area contributed by atoms with Crippen molar-refractivity contribution in [3.05, 3.63) is 66.0 Å². The Morgan fingerprint density at radius 3 is 2.23 bits per heavy atom. The number of alkyl carbamates (subject to hydrolysis) is 1. The van der Waals surface area contributed by atoms with Crippen LogP contribution in [0.2, 0.25) is 0 Å². The van der Waals surface area contributed by atoms with Gasteiger partial charge >= 0.3 is 12.1 Å². The first-order chi connectivity index (χ1) is 14.5. The third kappa shape index (κ3) is 8.35. The van der Waals surface area contributed by atoms with Crippen molar-refractivity contribution in [1.82, 2.24) is 10.0 Å². The lowest BCUT2D eigenvalue weighted by Crippen LogP contribution is -2.50. The Kier molecular flexibility index (Phi) is 8.12. The first kappa shape index (κ1) is 24.3. The minimum absolute atomic E-state index is 0.0586. The maximum atomic E-state index is 13.1. The Hall–Kier alpha value is -2.98. The van der Waals surface area contributed by atoms with Gasteiger partial charge in [-0.25, -0.2) is 27.1 Å². The number of carbonyl (C=O) groups excluding carboxylic acids is 2. The molecule has 0 aliphatic carbocycles. The van der Waals surface area contributed by atoms with E-state index in [1.165, 1.54) is 0 Å². The average molecular weight is 453 g/mol. The number of rotatable bonds is 8. The highest BCUT2D eigenvalue weighted by molar-refractivity contribution is 7.89. The van der Waals surface area contributed by atoms with Gasteiger partial charge in [0.25, 0.3) is 0 Å². The molecule has 0 aliphatic heterocycles. The van der Waals surface area contributed by atoms with E-state index in [-0.39, 0.29) is 11.5 Å². The lowest BCUT2D eigenvalue weighted by atomic mass is 10.2. The van der Waals surface area contributed by atoms with E-state index in [1.54, 1.807) is 45.0 Å². The minimum atomic E-state index is -4.06. The molecule has 0 spiro atoms. The smallest absolute Gasteiger partial charge is 0.408 e. The monoisotopic (exact) mass is 452 g/mol. The van der Waals surface area contributed by atoms with E-state index < -0.39 is 46.1 Å². The Labute approximate surface area is 180 Å². The number of ether oxygens (including phenoxy) is 2. The van der Waals surface area contributed by atoms with Gasteiger partial charge in [0.15, 0.2) is 0 Å². The van der Waals surface area contributed by atoms with Gasteiger partial charge in [0.1, 0.15) is 24.1 Å².